The van der Waals surface area contributed by atoms with Gasteiger partial charge in [-0.1, -0.05) is 31.9 Å². The number of amides is 1. The molecule has 5 nitrogen and oxygen atoms in total. The molecule has 0 saturated heterocycles. The summed E-state index contributed by atoms with van der Waals surface area (Å²) in [6.07, 6.45) is 3.41. The van der Waals surface area contributed by atoms with Gasteiger partial charge in [0.05, 0.1) is 21.3 Å². The van der Waals surface area contributed by atoms with Crippen LogP contribution in [0.3, 0.4) is 0 Å². The van der Waals surface area contributed by atoms with E-state index in [1.807, 2.05) is 6.92 Å². The van der Waals surface area contributed by atoms with Crippen LogP contribution in [0.5, 0.6) is 0 Å². The Kier molecular flexibility index (Phi) is 8.43. The fourth-order valence-corrected chi connectivity index (χ4v) is 3.01. The number of unbranched alkanes of at least 4 members (excludes halogenated alkanes) is 3. The van der Waals surface area contributed by atoms with Crippen molar-refractivity contribution in [1.29, 1.82) is 0 Å². The molecule has 0 aliphatic heterocycles. The van der Waals surface area contributed by atoms with Crippen LogP contribution in [0.4, 0.5) is 0 Å². The Hall–Kier alpha value is -1.69. The first-order chi connectivity index (χ1) is 10.6. The van der Waals surface area contributed by atoms with Crippen LogP contribution in [0.2, 0.25) is 0 Å². The summed E-state index contributed by atoms with van der Waals surface area (Å²) < 4.78 is 11.9. The van der Waals surface area contributed by atoms with E-state index in [9.17, 15) is 13.8 Å². The highest BCUT2D eigenvalue weighted by Crippen LogP contribution is 2.13. The lowest BCUT2D eigenvalue weighted by molar-refractivity contribution is -0.137. The van der Waals surface area contributed by atoms with Gasteiger partial charge in [0.2, 0.25) is 0 Å². The van der Waals surface area contributed by atoms with E-state index in [0.29, 0.717) is 29.2 Å². The van der Waals surface area contributed by atoms with Gasteiger partial charge in [0.25, 0.3) is 5.91 Å². The van der Waals surface area contributed by atoms with Crippen LogP contribution in [-0.4, -0.2) is 33.5 Å². The second-order valence-corrected chi connectivity index (χ2v) is 6.65. The van der Waals surface area contributed by atoms with Crippen molar-refractivity contribution in [3.63, 3.8) is 0 Å². The molecule has 1 rings (SSSR count). The minimum absolute atomic E-state index is 0.197. The Morgan fingerprint density at radius 1 is 1.14 bits per heavy atom. The fourth-order valence-electron chi connectivity index (χ4n) is 2.06. The molecule has 0 heterocycles. The van der Waals surface area contributed by atoms with E-state index in [2.05, 4.69) is 5.32 Å². The maximum absolute atomic E-state index is 12.1. The second-order valence-electron chi connectivity index (χ2n) is 4.94. The smallest absolute Gasteiger partial charge is 0.303 e. The number of rotatable bonds is 10. The molecule has 2 N–H and O–H groups in total. The van der Waals surface area contributed by atoms with Gasteiger partial charge < -0.3 is 10.4 Å². The summed E-state index contributed by atoms with van der Waals surface area (Å²) >= 11 is 0. The fraction of sp³-hybridized carbons (Fsp3) is 0.500. The number of hydrogen-bond acceptors (Lipinski definition) is 3. The van der Waals surface area contributed by atoms with Gasteiger partial charge in [-0.05, 0) is 25.0 Å². The molecule has 0 aromatic heterocycles. The Bertz CT molecular complexity index is 531. The normalized spacial score (nSPS) is 11.9. The highest BCUT2D eigenvalue weighted by Gasteiger charge is 2.13. The summed E-state index contributed by atoms with van der Waals surface area (Å²) in [5.41, 5.74) is 0.466. The van der Waals surface area contributed by atoms with Crippen LogP contribution >= 0.6 is 0 Å². The van der Waals surface area contributed by atoms with Gasteiger partial charge >= 0.3 is 5.97 Å². The third kappa shape index (κ3) is 6.39. The maximum atomic E-state index is 12.1. The van der Waals surface area contributed by atoms with E-state index in [0.717, 1.165) is 19.3 Å². The molecule has 0 aliphatic carbocycles. The van der Waals surface area contributed by atoms with E-state index in [1.165, 1.54) is 0 Å². The summed E-state index contributed by atoms with van der Waals surface area (Å²) in [5, 5.41) is 11.4. The van der Waals surface area contributed by atoms with Gasteiger partial charge in [0.15, 0.2) is 0 Å². The molecule has 0 radical (unpaired) electrons. The number of hydrogen-bond donors (Lipinski definition) is 2. The lowest BCUT2D eigenvalue weighted by Crippen LogP contribution is -2.25. The summed E-state index contributed by atoms with van der Waals surface area (Å²) in [7, 11) is -1.16. The minimum Gasteiger partial charge on any atom is -0.481 e. The van der Waals surface area contributed by atoms with Crippen molar-refractivity contribution < 1.29 is 18.9 Å². The van der Waals surface area contributed by atoms with Gasteiger partial charge in [-0.15, -0.1) is 0 Å². The van der Waals surface area contributed by atoms with Crippen LogP contribution < -0.4 is 5.32 Å². The Balaban J connectivity index is 2.37. The molecule has 0 saturated carbocycles. The molecule has 0 fully saturated rings. The number of carboxylic acids is 1. The van der Waals surface area contributed by atoms with E-state index in [-0.39, 0.29) is 12.3 Å². The van der Waals surface area contributed by atoms with Crippen molar-refractivity contribution in [2.75, 3.05) is 12.3 Å². The van der Waals surface area contributed by atoms with Crippen LogP contribution in [0.1, 0.15) is 49.4 Å². The number of aliphatic carboxylic acids is 1. The number of carboxylic acid groups (broad SMARTS) is 1. The molecule has 0 bridgehead atoms. The second kappa shape index (κ2) is 10.1. The summed E-state index contributed by atoms with van der Waals surface area (Å²) in [6.45, 7) is 2.36. The predicted molar refractivity (Wildman–Crippen MR) is 86.4 cm³/mol. The van der Waals surface area contributed by atoms with Crippen molar-refractivity contribution in [1.82, 2.24) is 5.32 Å². The lowest BCUT2D eigenvalue weighted by atomic mass is 10.1. The van der Waals surface area contributed by atoms with Crippen LogP contribution in [-0.2, 0) is 15.6 Å². The maximum Gasteiger partial charge on any atom is 0.303 e. The quantitative estimate of drug-likeness (QED) is 0.648. The van der Waals surface area contributed by atoms with Crippen LogP contribution in [0.25, 0.3) is 0 Å². The zero-order chi connectivity index (χ0) is 16.4. The third-order valence-corrected chi connectivity index (χ3v) is 4.61. The minimum atomic E-state index is -1.16. The lowest BCUT2D eigenvalue weighted by Gasteiger charge is -2.09. The van der Waals surface area contributed by atoms with Gasteiger partial charge in [0.1, 0.15) is 0 Å². The Morgan fingerprint density at radius 3 is 2.50 bits per heavy atom. The first-order valence-corrected chi connectivity index (χ1v) is 8.85. The molecule has 1 aromatic rings. The van der Waals surface area contributed by atoms with Gasteiger partial charge in [-0.2, -0.15) is 0 Å². The topological polar surface area (TPSA) is 83.5 Å². The summed E-state index contributed by atoms with van der Waals surface area (Å²) in [4.78, 5) is 23.1. The Labute approximate surface area is 133 Å². The number of nitrogens with one attached hydrogen (secondary N) is 1. The SMILES string of the molecule is CCS(=O)c1ccccc1C(=O)NCCCCCCC(=O)O. The first-order valence-electron chi connectivity index (χ1n) is 7.53. The molecule has 1 amide bonds. The van der Waals surface area contributed by atoms with Crippen molar-refractivity contribution in [2.45, 2.75) is 43.9 Å². The van der Waals surface area contributed by atoms with Crippen LogP contribution in [0.15, 0.2) is 29.2 Å². The molecule has 0 aliphatic rings. The molecule has 1 unspecified atom stereocenters. The predicted octanol–water partition coefficient (Wildman–Crippen LogP) is 2.58. The molecule has 1 aromatic carbocycles. The molecule has 122 valence electrons. The monoisotopic (exact) mass is 325 g/mol. The Morgan fingerprint density at radius 2 is 1.82 bits per heavy atom. The number of carbonyl (C=O) groups is 2. The number of benzene rings is 1. The highest BCUT2D eigenvalue weighted by molar-refractivity contribution is 7.85. The average Bonchev–Trinajstić information content (AvgIpc) is 2.52. The molecule has 6 heteroatoms. The standard InChI is InChI=1S/C16H23NO4S/c1-2-22(21)14-10-7-6-9-13(14)16(20)17-12-8-4-3-5-11-15(18)19/h6-7,9-10H,2-5,8,11-12H2,1H3,(H,17,20)(H,18,19). The summed E-state index contributed by atoms with van der Waals surface area (Å²) in [6, 6.07) is 6.95. The summed E-state index contributed by atoms with van der Waals surface area (Å²) in [5.74, 6) is -0.495. The van der Waals surface area contributed by atoms with E-state index in [1.54, 1.807) is 24.3 Å². The average molecular weight is 325 g/mol. The molecule has 0 spiro atoms. The first kappa shape index (κ1) is 18.4. The van der Waals surface area contributed by atoms with Crippen molar-refractivity contribution in [3.8, 4) is 0 Å². The zero-order valence-corrected chi connectivity index (χ0v) is 13.7. The van der Waals surface area contributed by atoms with Crippen LogP contribution in [0, 0.1) is 0 Å². The molecular weight excluding hydrogens is 302 g/mol. The molecular formula is C16H23NO4S. The van der Waals surface area contributed by atoms with Gasteiger partial charge in [-0.25, -0.2) is 0 Å². The van der Waals surface area contributed by atoms with Gasteiger partial charge in [-0.3, -0.25) is 13.8 Å². The van der Waals surface area contributed by atoms with Crippen molar-refractivity contribution >= 4 is 22.7 Å². The molecule has 1 atom stereocenters. The third-order valence-electron chi connectivity index (χ3n) is 3.24. The van der Waals surface area contributed by atoms with E-state index < -0.39 is 16.8 Å². The van der Waals surface area contributed by atoms with Crippen molar-refractivity contribution in [3.05, 3.63) is 29.8 Å². The van der Waals surface area contributed by atoms with Crippen molar-refractivity contribution in [2.24, 2.45) is 0 Å². The molecule has 22 heavy (non-hydrogen) atoms. The van der Waals surface area contributed by atoms with Gasteiger partial charge in [0, 0.05) is 18.7 Å². The largest absolute Gasteiger partial charge is 0.481 e. The van der Waals surface area contributed by atoms with E-state index >= 15 is 0 Å². The zero-order valence-electron chi connectivity index (χ0n) is 12.8. The van der Waals surface area contributed by atoms with E-state index in [4.69, 9.17) is 5.11 Å². The number of carbonyl (C=O) groups excluding carboxylic acids is 1. The highest BCUT2D eigenvalue weighted by atomic mass is 32.2.